The summed E-state index contributed by atoms with van der Waals surface area (Å²) in [6.07, 6.45) is 7.52. The number of aryl methyl sites for hydroxylation is 1. The average molecular weight is 396 g/mol. The first-order valence-electron chi connectivity index (χ1n) is 10.6. The minimum absolute atomic E-state index is 0.0430. The molecule has 0 N–H and O–H groups in total. The van der Waals surface area contributed by atoms with E-state index in [1.165, 1.54) is 24.8 Å². The molecule has 4 aliphatic rings. The van der Waals surface area contributed by atoms with Crippen molar-refractivity contribution in [2.24, 2.45) is 30.2 Å². The van der Waals surface area contributed by atoms with E-state index in [2.05, 4.69) is 36.2 Å². The van der Waals surface area contributed by atoms with Gasteiger partial charge < -0.3 is 4.57 Å². The maximum absolute atomic E-state index is 13.6. The van der Waals surface area contributed by atoms with Crippen molar-refractivity contribution in [3.05, 3.63) is 29.8 Å². The number of thioether (sulfide) groups is 1. The summed E-state index contributed by atoms with van der Waals surface area (Å²) in [6.45, 7) is 4.17. The Morgan fingerprint density at radius 2 is 1.71 bits per heavy atom. The van der Waals surface area contributed by atoms with Crippen LogP contribution in [0, 0.1) is 30.1 Å². The van der Waals surface area contributed by atoms with Gasteiger partial charge in [0, 0.05) is 18.0 Å². The number of benzene rings is 1. The van der Waals surface area contributed by atoms with Crippen LogP contribution in [-0.4, -0.2) is 25.8 Å². The molecule has 1 aromatic carbocycles. The molecular weight excluding hydrogens is 366 g/mol. The molecule has 1 aromatic heterocycles. The van der Waals surface area contributed by atoms with E-state index in [1.54, 1.807) is 11.8 Å². The first kappa shape index (κ1) is 18.4. The van der Waals surface area contributed by atoms with Crippen molar-refractivity contribution in [2.45, 2.75) is 62.8 Å². The lowest BCUT2D eigenvalue weighted by Gasteiger charge is -2.56. The van der Waals surface area contributed by atoms with Crippen LogP contribution in [0.5, 0.6) is 0 Å². The van der Waals surface area contributed by atoms with Gasteiger partial charge in [0.05, 0.1) is 5.25 Å². The van der Waals surface area contributed by atoms with E-state index in [9.17, 15) is 4.79 Å². The lowest BCUT2D eigenvalue weighted by molar-refractivity contribution is -0.142. The summed E-state index contributed by atoms with van der Waals surface area (Å²) in [5.74, 6) is 3.74. The van der Waals surface area contributed by atoms with E-state index in [-0.39, 0.29) is 10.7 Å². The van der Waals surface area contributed by atoms with Gasteiger partial charge in [0.25, 0.3) is 0 Å². The number of hydrogen-bond donors (Lipinski definition) is 0. The lowest BCUT2D eigenvalue weighted by atomic mass is 9.48. The molecule has 4 bridgehead atoms. The van der Waals surface area contributed by atoms with Crippen molar-refractivity contribution in [2.75, 3.05) is 0 Å². The third-order valence-electron chi connectivity index (χ3n) is 7.43. The van der Waals surface area contributed by atoms with Gasteiger partial charge >= 0.3 is 0 Å². The fourth-order valence-corrected chi connectivity index (χ4v) is 7.54. The second kappa shape index (κ2) is 6.72. The molecule has 4 aliphatic carbocycles. The second-order valence-electron chi connectivity index (χ2n) is 9.50. The molecular formula is C23H29N3OS. The quantitative estimate of drug-likeness (QED) is 0.664. The molecule has 4 saturated carbocycles. The van der Waals surface area contributed by atoms with Crippen LogP contribution in [0.25, 0.3) is 11.4 Å². The molecule has 4 nitrogen and oxygen atoms in total. The number of nitrogens with zero attached hydrogens (tertiary/aromatic N) is 3. The molecule has 1 heterocycles. The molecule has 4 fully saturated rings. The monoisotopic (exact) mass is 395 g/mol. The van der Waals surface area contributed by atoms with Gasteiger partial charge in [0.2, 0.25) is 0 Å². The SMILES string of the molecule is Cc1ccccc1-c1nnc(SC(C)C(=O)C23CC4CC(CC(C4)C2)C3)n1C. The number of hydrogen-bond acceptors (Lipinski definition) is 4. The van der Waals surface area contributed by atoms with E-state index < -0.39 is 0 Å². The third-order valence-corrected chi connectivity index (χ3v) is 8.57. The Labute approximate surface area is 171 Å². The number of carbonyl (C=O) groups is 1. The predicted molar refractivity (Wildman–Crippen MR) is 112 cm³/mol. The Hall–Kier alpha value is -1.62. The van der Waals surface area contributed by atoms with Crippen molar-refractivity contribution in [3.8, 4) is 11.4 Å². The highest BCUT2D eigenvalue weighted by Crippen LogP contribution is 2.61. The van der Waals surface area contributed by atoms with Crippen LogP contribution in [0.3, 0.4) is 0 Å². The molecule has 1 unspecified atom stereocenters. The summed E-state index contributed by atoms with van der Waals surface area (Å²) in [7, 11) is 2.01. The van der Waals surface area contributed by atoms with E-state index in [0.29, 0.717) is 5.78 Å². The van der Waals surface area contributed by atoms with Crippen molar-refractivity contribution >= 4 is 17.5 Å². The van der Waals surface area contributed by atoms with Gasteiger partial charge in [-0.15, -0.1) is 10.2 Å². The molecule has 2 aromatic rings. The zero-order valence-corrected chi connectivity index (χ0v) is 17.8. The highest BCUT2D eigenvalue weighted by Gasteiger charge is 2.55. The first-order chi connectivity index (χ1) is 13.4. The molecule has 5 heteroatoms. The Kier molecular flexibility index (Phi) is 4.42. The zero-order valence-electron chi connectivity index (χ0n) is 17.0. The Morgan fingerprint density at radius 1 is 1.11 bits per heavy atom. The maximum Gasteiger partial charge on any atom is 0.191 e. The maximum atomic E-state index is 13.6. The van der Waals surface area contributed by atoms with E-state index >= 15 is 0 Å². The van der Waals surface area contributed by atoms with Crippen LogP contribution in [0.1, 0.15) is 51.0 Å². The van der Waals surface area contributed by atoms with Crippen molar-refractivity contribution < 1.29 is 4.79 Å². The standard InChI is InChI=1S/C23H29N3OS/c1-14-6-4-5-7-19(14)21-24-25-22(26(21)3)28-15(2)20(27)23-11-16-8-17(12-23)10-18(9-16)13-23/h4-7,15-18H,8-13H2,1-3H3. The largest absolute Gasteiger partial charge is 0.305 e. The van der Waals surface area contributed by atoms with E-state index in [0.717, 1.165) is 53.6 Å². The van der Waals surface area contributed by atoms with E-state index in [4.69, 9.17) is 0 Å². The number of ketones is 1. The fraction of sp³-hybridized carbons (Fsp3) is 0.609. The fourth-order valence-electron chi connectivity index (χ4n) is 6.53. The van der Waals surface area contributed by atoms with Crippen LogP contribution < -0.4 is 0 Å². The highest BCUT2D eigenvalue weighted by molar-refractivity contribution is 8.00. The first-order valence-corrected chi connectivity index (χ1v) is 11.5. The molecule has 0 aliphatic heterocycles. The van der Waals surface area contributed by atoms with Crippen LogP contribution >= 0.6 is 11.8 Å². The lowest BCUT2D eigenvalue weighted by Crippen LogP contribution is -2.51. The smallest absolute Gasteiger partial charge is 0.191 e. The van der Waals surface area contributed by atoms with Gasteiger partial charge in [-0.3, -0.25) is 4.79 Å². The number of rotatable bonds is 5. The predicted octanol–water partition coefficient (Wildman–Crippen LogP) is 5.06. The van der Waals surface area contributed by atoms with Gasteiger partial charge in [0.15, 0.2) is 16.8 Å². The number of carbonyl (C=O) groups excluding carboxylic acids is 1. The Bertz CT molecular complexity index is 883. The molecule has 28 heavy (non-hydrogen) atoms. The summed E-state index contributed by atoms with van der Waals surface area (Å²) in [5.41, 5.74) is 2.25. The summed E-state index contributed by atoms with van der Waals surface area (Å²) in [5, 5.41) is 9.63. The molecule has 148 valence electrons. The Morgan fingerprint density at radius 3 is 2.32 bits per heavy atom. The van der Waals surface area contributed by atoms with E-state index in [1.807, 2.05) is 23.7 Å². The van der Waals surface area contributed by atoms with Crippen LogP contribution in [0.2, 0.25) is 0 Å². The molecule has 0 saturated heterocycles. The number of Topliss-reactive ketones (excluding diaryl/α,β-unsaturated/α-hetero) is 1. The summed E-state index contributed by atoms with van der Waals surface area (Å²) in [6, 6.07) is 8.24. The molecule has 0 radical (unpaired) electrons. The van der Waals surface area contributed by atoms with Gasteiger partial charge in [-0.25, -0.2) is 0 Å². The summed E-state index contributed by atoms with van der Waals surface area (Å²) in [4.78, 5) is 13.6. The van der Waals surface area contributed by atoms with Gasteiger partial charge in [0.1, 0.15) is 0 Å². The van der Waals surface area contributed by atoms with Crippen molar-refractivity contribution in [1.82, 2.24) is 14.8 Å². The van der Waals surface area contributed by atoms with Crippen LogP contribution in [0.4, 0.5) is 0 Å². The molecule has 6 rings (SSSR count). The van der Waals surface area contributed by atoms with Crippen LogP contribution in [0.15, 0.2) is 29.4 Å². The zero-order chi connectivity index (χ0) is 19.5. The average Bonchev–Trinajstić information content (AvgIpc) is 3.00. The van der Waals surface area contributed by atoms with Crippen molar-refractivity contribution in [3.63, 3.8) is 0 Å². The minimum Gasteiger partial charge on any atom is -0.305 e. The minimum atomic E-state index is -0.0659. The third kappa shape index (κ3) is 2.94. The second-order valence-corrected chi connectivity index (χ2v) is 10.8. The van der Waals surface area contributed by atoms with Crippen molar-refractivity contribution in [1.29, 1.82) is 0 Å². The summed E-state index contributed by atoms with van der Waals surface area (Å²) >= 11 is 1.59. The molecule has 0 amide bonds. The topological polar surface area (TPSA) is 47.8 Å². The van der Waals surface area contributed by atoms with Crippen LogP contribution in [-0.2, 0) is 11.8 Å². The number of aromatic nitrogens is 3. The van der Waals surface area contributed by atoms with Gasteiger partial charge in [-0.2, -0.15) is 0 Å². The molecule has 1 atom stereocenters. The van der Waals surface area contributed by atoms with Gasteiger partial charge in [-0.1, -0.05) is 36.0 Å². The Balaban J connectivity index is 1.36. The van der Waals surface area contributed by atoms with Gasteiger partial charge in [-0.05, 0) is 75.7 Å². The highest BCUT2D eigenvalue weighted by atomic mass is 32.2. The molecule has 0 spiro atoms. The normalized spacial score (nSPS) is 31.9. The summed E-state index contributed by atoms with van der Waals surface area (Å²) < 4.78 is 2.04.